The Morgan fingerprint density at radius 1 is 0.471 bits per heavy atom. The molecule has 0 aliphatic carbocycles. The topological polar surface area (TPSA) is 18.5 Å². The first kappa shape index (κ1) is 28.7. The summed E-state index contributed by atoms with van der Waals surface area (Å²) in [6.45, 7) is 29.8. The van der Waals surface area contributed by atoms with Gasteiger partial charge in [0.2, 0.25) is 0 Å². The molecule has 0 radical (unpaired) electrons. The lowest BCUT2D eigenvalue weighted by molar-refractivity contribution is 0.381. The summed E-state index contributed by atoms with van der Waals surface area (Å²) < 4.78 is 12.0. The molecule has 2 aromatic rings. The van der Waals surface area contributed by atoms with E-state index >= 15 is 0 Å². The summed E-state index contributed by atoms with van der Waals surface area (Å²) in [7, 11) is 3.05. The first-order chi connectivity index (χ1) is 15.2. The highest BCUT2D eigenvalue weighted by atomic mass is 31.1. The van der Waals surface area contributed by atoms with Gasteiger partial charge in [0.25, 0.3) is 0 Å². The van der Waals surface area contributed by atoms with E-state index in [2.05, 4.69) is 114 Å². The molecule has 0 aliphatic rings. The van der Waals surface area contributed by atoms with Crippen LogP contribution in [0.4, 0.5) is 0 Å². The standard InChI is InChI=1S/C31H49O2P/c1-28(2,3)22-16-20(17-23(26(22)32-13)29(4,5)6)34(15)21-18-24(30(7,8)9)27(33-14)25(19-21)31(10,11)12/h16-19H,1-15H3. The zero-order chi connectivity index (χ0) is 26.4. The van der Waals surface area contributed by atoms with E-state index in [0.29, 0.717) is 0 Å². The SMILES string of the molecule is COc1c(C(C)(C)C)cc(P(C)c2cc(C(C)(C)C)c(OC)c(C(C)(C)C)c2)cc1C(C)(C)C. The maximum Gasteiger partial charge on any atom is 0.126 e. The highest BCUT2D eigenvalue weighted by Crippen LogP contribution is 2.45. The monoisotopic (exact) mass is 484 g/mol. The number of ether oxygens (including phenoxy) is 2. The Hall–Kier alpha value is -1.53. The van der Waals surface area contributed by atoms with E-state index in [4.69, 9.17) is 9.47 Å². The van der Waals surface area contributed by atoms with E-state index in [1.807, 2.05) is 14.2 Å². The van der Waals surface area contributed by atoms with Crippen LogP contribution in [-0.2, 0) is 21.7 Å². The number of hydrogen-bond acceptors (Lipinski definition) is 2. The lowest BCUT2D eigenvalue weighted by atomic mass is 9.79. The van der Waals surface area contributed by atoms with Crippen LogP contribution in [0.1, 0.15) is 105 Å². The van der Waals surface area contributed by atoms with Gasteiger partial charge >= 0.3 is 0 Å². The van der Waals surface area contributed by atoms with Crippen LogP contribution in [0.2, 0.25) is 0 Å². The Balaban J connectivity index is 2.90. The molecule has 0 spiro atoms. The fourth-order valence-electron chi connectivity index (χ4n) is 4.43. The molecular weight excluding hydrogens is 435 g/mol. The predicted octanol–water partition coefficient (Wildman–Crippen LogP) is 7.96. The van der Waals surface area contributed by atoms with Crippen molar-refractivity contribution in [2.75, 3.05) is 20.9 Å². The molecule has 2 nitrogen and oxygen atoms in total. The summed E-state index contributed by atoms with van der Waals surface area (Å²) in [5.41, 5.74) is 5.10. The zero-order valence-electron chi connectivity index (χ0n) is 24.6. The van der Waals surface area contributed by atoms with Crippen molar-refractivity contribution in [2.45, 2.75) is 105 Å². The average Bonchev–Trinajstić information content (AvgIpc) is 2.68. The van der Waals surface area contributed by atoms with Crippen LogP contribution in [-0.4, -0.2) is 20.9 Å². The van der Waals surface area contributed by atoms with Crippen LogP contribution in [0.3, 0.4) is 0 Å². The second-order valence-electron chi connectivity index (χ2n) is 13.7. The maximum absolute atomic E-state index is 6.02. The number of hydrogen-bond donors (Lipinski definition) is 0. The van der Waals surface area contributed by atoms with Crippen molar-refractivity contribution in [3.63, 3.8) is 0 Å². The van der Waals surface area contributed by atoms with Crippen molar-refractivity contribution >= 4 is 18.5 Å². The second-order valence-corrected chi connectivity index (χ2v) is 15.9. The van der Waals surface area contributed by atoms with Gasteiger partial charge in [-0.3, -0.25) is 0 Å². The molecule has 0 unspecified atom stereocenters. The van der Waals surface area contributed by atoms with Crippen molar-refractivity contribution < 1.29 is 9.47 Å². The lowest BCUT2D eigenvalue weighted by Crippen LogP contribution is -2.26. The van der Waals surface area contributed by atoms with Crippen molar-refractivity contribution in [1.29, 1.82) is 0 Å². The van der Waals surface area contributed by atoms with Crippen LogP contribution >= 0.6 is 7.92 Å². The molecule has 0 bridgehead atoms. The molecule has 0 N–H and O–H groups in total. The molecular formula is C31H49O2P. The summed E-state index contributed by atoms with van der Waals surface area (Å²) in [6, 6.07) is 9.60. The van der Waals surface area contributed by atoms with Gasteiger partial charge in [0.1, 0.15) is 11.5 Å². The highest BCUT2D eigenvalue weighted by Gasteiger charge is 2.31. The van der Waals surface area contributed by atoms with Crippen molar-refractivity contribution in [3.05, 3.63) is 46.5 Å². The quantitative estimate of drug-likeness (QED) is 0.410. The summed E-state index contributed by atoms with van der Waals surface area (Å²) in [5.74, 6) is 2.07. The first-order valence-electron chi connectivity index (χ1n) is 12.4. The van der Waals surface area contributed by atoms with Gasteiger partial charge in [-0.05, 0) is 71.1 Å². The Bertz CT molecular complexity index is 868. The third kappa shape index (κ3) is 5.99. The molecule has 0 fully saturated rings. The van der Waals surface area contributed by atoms with Gasteiger partial charge in [-0.25, -0.2) is 0 Å². The summed E-state index contributed by atoms with van der Waals surface area (Å²) in [6.07, 6.45) is 0. The molecule has 34 heavy (non-hydrogen) atoms. The molecule has 0 aromatic heterocycles. The summed E-state index contributed by atoms with van der Waals surface area (Å²) in [5, 5.41) is 2.80. The van der Waals surface area contributed by atoms with E-state index in [1.165, 1.54) is 32.9 Å². The third-order valence-corrected chi connectivity index (χ3v) is 8.63. The molecule has 2 rings (SSSR count). The zero-order valence-corrected chi connectivity index (χ0v) is 25.5. The van der Waals surface area contributed by atoms with Gasteiger partial charge < -0.3 is 9.47 Å². The van der Waals surface area contributed by atoms with Gasteiger partial charge in [-0.15, -0.1) is 0 Å². The summed E-state index contributed by atoms with van der Waals surface area (Å²) in [4.78, 5) is 0. The average molecular weight is 485 g/mol. The van der Waals surface area contributed by atoms with E-state index in [-0.39, 0.29) is 21.7 Å². The Morgan fingerprint density at radius 3 is 0.824 bits per heavy atom. The fraction of sp³-hybridized carbons (Fsp3) is 0.613. The second kappa shape index (κ2) is 9.50. The van der Waals surface area contributed by atoms with Crippen LogP contribution < -0.4 is 20.1 Å². The highest BCUT2D eigenvalue weighted by molar-refractivity contribution is 7.72. The van der Waals surface area contributed by atoms with Crippen molar-refractivity contribution in [3.8, 4) is 11.5 Å². The fourth-order valence-corrected chi connectivity index (χ4v) is 6.02. The minimum absolute atomic E-state index is 0.00935. The molecule has 0 heterocycles. The molecule has 0 saturated carbocycles. The van der Waals surface area contributed by atoms with Crippen molar-refractivity contribution in [1.82, 2.24) is 0 Å². The van der Waals surface area contributed by atoms with E-state index < -0.39 is 7.92 Å². The predicted molar refractivity (Wildman–Crippen MR) is 153 cm³/mol. The van der Waals surface area contributed by atoms with E-state index in [9.17, 15) is 0 Å². The van der Waals surface area contributed by atoms with Gasteiger partial charge in [0, 0.05) is 22.3 Å². The van der Waals surface area contributed by atoms with Crippen LogP contribution in [0, 0.1) is 0 Å². The Kier molecular flexibility index (Phi) is 8.02. The largest absolute Gasteiger partial charge is 0.496 e. The first-order valence-corrected chi connectivity index (χ1v) is 14.2. The van der Waals surface area contributed by atoms with Crippen molar-refractivity contribution in [2.24, 2.45) is 0 Å². The summed E-state index contributed by atoms with van der Waals surface area (Å²) >= 11 is 0. The number of rotatable bonds is 4. The molecule has 0 amide bonds. The third-order valence-electron chi connectivity index (χ3n) is 6.56. The molecule has 0 saturated heterocycles. The molecule has 3 heteroatoms. The molecule has 0 atom stereocenters. The minimum Gasteiger partial charge on any atom is -0.496 e. The number of benzene rings is 2. The maximum atomic E-state index is 6.02. The Morgan fingerprint density at radius 2 is 0.676 bits per heavy atom. The van der Waals surface area contributed by atoms with Gasteiger partial charge in [0.15, 0.2) is 0 Å². The lowest BCUT2D eigenvalue weighted by Gasteiger charge is -2.33. The smallest absolute Gasteiger partial charge is 0.126 e. The van der Waals surface area contributed by atoms with Gasteiger partial charge in [0.05, 0.1) is 14.2 Å². The van der Waals surface area contributed by atoms with Gasteiger partial charge in [-0.1, -0.05) is 83.1 Å². The van der Waals surface area contributed by atoms with Crippen LogP contribution in [0.25, 0.3) is 0 Å². The molecule has 2 aromatic carbocycles. The molecule has 0 aliphatic heterocycles. The molecule has 190 valence electrons. The normalized spacial score (nSPS) is 13.4. The van der Waals surface area contributed by atoms with Crippen LogP contribution in [0.15, 0.2) is 24.3 Å². The Labute approximate surface area is 211 Å². The van der Waals surface area contributed by atoms with Crippen LogP contribution in [0.5, 0.6) is 11.5 Å². The number of methoxy groups -OCH3 is 2. The van der Waals surface area contributed by atoms with E-state index in [1.54, 1.807) is 0 Å². The minimum atomic E-state index is -0.570. The van der Waals surface area contributed by atoms with E-state index in [0.717, 1.165) is 11.5 Å². The van der Waals surface area contributed by atoms with Gasteiger partial charge in [-0.2, -0.15) is 0 Å².